The van der Waals surface area contributed by atoms with Crippen molar-refractivity contribution < 1.29 is 5.11 Å². The Morgan fingerprint density at radius 2 is 2.15 bits per heavy atom. The summed E-state index contributed by atoms with van der Waals surface area (Å²) in [5, 5.41) is 10.7. The van der Waals surface area contributed by atoms with Crippen LogP contribution in [-0.4, -0.2) is 5.11 Å². The largest absolute Gasteiger partial charge is 0.499 e. The molecule has 1 heterocycles. The van der Waals surface area contributed by atoms with Gasteiger partial charge in [0.25, 0.3) is 0 Å². The number of aryl methyl sites for hydroxylation is 1. The molecule has 1 aromatic carbocycles. The lowest BCUT2D eigenvalue weighted by molar-refractivity contribution is 0.491. The zero-order valence-corrected chi connectivity index (χ0v) is 8.95. The summed E-state index contributed by atoms with van der Waals surface area (Å²) in [4.78, 5) is 0.950. The van der Waals surface area contributed by atoms with Gasteiger partial charge in [0.2, 0.25) is 0 Å². The first-order chi connectivity index (χ1) is 6.20. The third-order valence-electron chi connectivity index (χ3n) is 2.07. The molecule has 0 amide bonds. The normalized spacial score (nSPS) is 10.9. The van der Waals surface area contributed by atoms with E-state index in [-0.39, 0.29) is 0 Å². The summed E-state index contributed by atoms with van der Waals surface area (Å²) in [5.41, 5.74) is 1.26. The topological polar surface area (TPSA) is 20.2 Å². The van der Waals surface area contributed by atoms with Crippen LogP contribution in [0.15, 0.2) is 23.1 Å². The fourth-order valence-electron chi connectivity index (χ4n) is 1.37. The summed E-state index contributed by atoms with van der Waals surface area (Å²) in [6.07, 6.45) is 1.00. The molecule has 1 aromatic heterocycles. The highest BCUT2D eigenvalue weighted by molar-refractivity contribution is 7.80. The van der Waals surface area contributed by atoms with E-state index in [4.69, 9.17) is 0 Å². The summed E-state index contributed by atoms with van der Waals surface area (Å²) in [6.45, 7) is 2.11. The summed E-state index contributed by atoms with van der Waals surface area (Å²) < 4.78 is 1.11. The highest BCUT2D eigenvalue weighted by Crippen LogP contribution is 2.35. The van der Waals surface area contributed by atoms with Gasteiger partial charge in [0.15, 0.2) is 5.06 Å². The van der Waals surface area contributed by atoms with Crippen molar-refractivity contribution in [2.45, 2.75) is 18.2 Å². The van der Waals surface area contributed by atoms with Crippen molar-refractivity contribution >= 4 is 34.1 Å². The number of hydrogen-bond acceptors (Lipinski definition) is 3. The maximum atomic E-state index is 9.33. The molecule has 1 nitrogen and oxygen atoms in total. The van der Waals surface area contributed by atoms with E-state index >= 15 is 0 Å². The fourth-order valence-corrected chi connectivity index (χ4v) is 2.68. The van der Waals surface area contributed by atoms with Gasteiger partial charge in [0.1, 0.15) is 0 Å². The van der Waals surface area contributed by atoms with Gasteiger partial charge in [-0.2, -0.15) is 0 Å². The Morgan fingerprint density at radius 1 is 1.38 bits per heavy atom. The van der Waals surface area contributed by atoms with Gasteiger partial charge in [0.05, 0.1) is 0 Å². The van der Waals surface area contributed by atoms with Crippen LogP contribution in [0.2, 0.25) is 0 Å². The van der Waals surface area contributed by atoms with E-state index in [1.54, 1.807) is 6.07 Å². The van der Waals surface area contributed by atoms with E-state index in [0.717, 1.165) is 21.4 Å². The highest BCUT2D eigenvalue weighted by Gasteiger charge is 2.04. The van der Waals surface area contributed by atoms with E-state index in [1.807, 2.05) is 0 Å². The first-order valence-electron chi connectivity index (χ1n) is 4.15. The van der Waals surface area contributed by atoms with Crippen molar-refractivity contribution in [3.05, 3.63) is 23.8 Å². The number of hydrogen-bond donors (Lipinski definition) is 2. The molecule has 0 aliphatic heterocycles. The molecule has 0 aliphatic rings. The van der Waals surface area contributed by atoms with E-state index < -0.39 is 0 Å². The van der Waals surface area contributed by atoms with Gasteiger partial charge in [0, 0.05) is 21.0 Å². The predicted octanol–water partition coefficient (Wildman–Crippen LogP) is 3.46. The molecule has 0 bridgehead atoms. The Hall–Kier alpha value is -0.670. The molecule has 3 heteroatoms. The lowest BCUT2D eigenvalue weighted by atomic mass is 10.1. The van der Waals surface area contributed by atoms with Gasteiger partial charge in [-0.15, -0.1) is 12.6 Å². The number of thiol groups is 1. The summed E-state index contributed by atoms with van der Waals surface area (Å²) in [6, 6.07) is 5.93. The number of fused-ring (bicyclic) bond motifs is 1. The molecular weight excluding hydrogens is 200 g/mol. The van der Waals surface area contributed by atoms with Crippen molar-refractivity contribution in [1.29, 1.82) is 0 Å². The Labute approximate surface area is 86.4 Å². The van der Waals surface area contributed by atoms with Crippen LogP contribution in [0.1, 0.15) is 12.5 Å². The van der Waals surface area contributed by atoms with Gasteiger partial charge in [-0.05, 0) is 24.1 Å². The van der Waals surface area contributed by atoms with Gasteiger partial charge < -0.3 is 5.11 Å². The van der Waals surface area contributed by atoms with Crippen LogP contribution >= 0.6 is 24.0 Å². The maximum absolute atomic E-state index is 9.33. The van der Waals surface area contributed by atoms with Crippen LogP contribution in [0.5, 0.6) is 5.06 Å². The lowest BCUT2D eigenvalue weighted by Gasteiger charge is -1.99. The monoisotopic (exact) mass is 210 g/mol. The zero-order valence-electron chi connectivity index (χ0n) is 7.24. The quantitative estimate of drug-likeness (QED) is 0.691. The smallest absolute Gasteiger partial charge is 0.172 e. The zero-order chi connectivity index (χ0) is 9.42. The van der Waals surface area contributed by atoms with Crippen LogP contribution in [-0.2, 0) is 6.42 Å². The van der Waals surface area contributed by atoms with Crippen LogP contribution in [0, 0.1) is 0 Å². The maximum Gasteiger partial charge on any atom is 0.172 e. The van der Waals surface area contributed by atoms with Crippen molar-refractivity contribution in [3.63, 3.8) is 0 Å². The minimum atomic E-state index is 0.360. The first kappa shape index (κ1) is 8.91. The molecule has 0 spiro atoms. The Bertz CT molecular complexity index is 445. The summed E-state index contributed by atoms with van der Waals surface area (Å²) >= 11 is 5.79. The van der Waals surface area contributed by atoms with Crippen LogP contribution in [0.25, 0.3) is 10.1 Å². The molecule has 0 saturated heterocycles. The molecule has 68 valence electrons. The molecule has 13 heavy (non-hydrogen) atoms. The average Bonchev–Trinajstić information content (AvgIpc) is 2.46. The van der Waals surface area contributed by atoms with Crippen molar-refractivity contribution in [1.82, 2.24) is 0 Å². The molecule has 1 N–H and O–H groups in total. The molecule has 0 saturated carbocycles. The van der Waals surface area contributed by atoms with E-state index in [9.17, 15) is 5.11 Å². The molecular formula is C10H10OS2. The van der Waals surface area contributed by atoms with Gasteiger partial charge in [-0.3, -0.25) is 0 Å². The lowest BCUT2D eigenvalue weighted by Crippen LogP contribution is -1.79. The number of aromatic hydroxyl groups is 1. The Morgan fingerprint density at radius 3 is 2.85 bits per heavy atom. The van der Waals surface area contributed by atoms with Crippen LogP contribution < -0.4 is 0 Å². The van der Waals surface area contributed by atoms with E-state index in [1.165, 1.54) is 16.9 Å². The second-order valence-electron chi connectivity index (χ2n) is 2.96. The average molecular weight is 210 g/mol. The van der Waals surface area contributed by atoms with E-state index in [0.29, 0.717) is 5.06 Å². The molecule has 2 rings (SSSR count). The minimum Gasteiger partial charge on any atom is -0.499 e. The first-order valence-corrected chi connectivity index (χ1v) is 5.41. The third kappa shape index (κ3) is 1.54. The number of thiophene rings is 1. The van der Waals surface area contributed by atoms with Gasteiger partial charge in [-0.1, -0.05) is 18.3 Å². The highest BCUT2D eigenvalue weighted by atomic mass is 32.1. The third-order valence-corrected chi connectivity index (χ3v) is 3.33. The van der Waals surface area contributed by atoms with Gasteiger partial charge >= 0.3 is 0 Å². The van der Waals surface area contributed by atoms with Crippen LogP contribution in [0.3, 0.4) is 0 Å². The second-order valence-corrected chi connectivity index (χ2v) is 4.51. The van der Waals surface area contributed by atoms with Gasteiger partial charge in [-0.25, -0.2) is 0 Å². The fraction of sp³-hybridized carbons (Fsp3) is 0.200. The number of rotatable bonds is 1. The Balaban J connectivity index is 2.75. The second kappa shape index (κ2) is 3.24. The van der Waals surface area contributed by atoms with Crippen molar-refractivity contribution in [3.8, 4) is 5.06 Å². The minimum absolute atomic E-state index is 0.360. The molecule has 0 atom stereocenters. The molecule has 0 unspecified atom stereocenters. The van der Waals surface area contributed by atoms with Crippen LogP contribution in [0.4, 0.5) is 0 Å². The predicted molar refractivity (Wildman–Crippen MR) is 60.1 cm³/mol. The molecule has 0 aliphatic carbocycles. The molecule has 0 fully saturated rings. The SMILES string of the molecule is CCc1cc(S)c2cc(O)sc2c1. The van der Waals surface area contributed by atoms with E-state index in [2.05, 4.69) is 31.7 Å². The number of benzene rings is 1. The van der Waals surface area contributed by atoms with Crippen molar-refractivity contribution in [2.24, 2.45) is 0 Å². The molecule has 2 aromatic rings. The summed E-state index contributed by atoms with van der Waals surface area (Å²) in [5.74, 6) is 0. The molecule has 0 radical (unpaired) electrons. The summed E-state index contributed by atoms with van der Waals surface area (Å²) in [7, 11) is 0. The standard InChI is InChI=1S/C10H10OS2/c1-2-6-3-8(12)7-5-10(11)13-9(7)4-6/h3-5,11-12H,2H2,1H3. The Kier molecular flexibility index (Phi) is 2.22. The van der Waals surface area contributed by atoms with Crippen molar-refractivity contribution in [2.75, 3.05) is 0 Å².